The Labute approximate surface area is 98.3 Å². The van der Waals surface area contributed by atoms with Gasteiger partial charge < -0.3 is 14.6 Å². The standard InChI is InChI=1S/C11H21BN2O2/c1-10(2)11(3,4)16-12(15-10)9(7-13-5)8-14-6/h7-8,13H,1-6H3/b9-7+,14-8?. The lowest BCUT2D eigenvalue weighted by molar-refractivity contribution is 0.00578. The number of hydrogen-bond donors (Lipinski definition) is 1. The van der Waals surface area contributed by atoms with Crippen molar-refractivity contribution in [2.75, 3.05) is 14.1 Å². The first-order valence-electron chi connectivity index (χ1n) is 5.49. The summed E-state index contributed by atoms with van der Waals surface area (Å²) in [6.07, 6.45) is 3.59. The Morgan fingerprint density at radius 1 is 1.19 bits per heavy atom. The fraction of sp³-hybridized carbons (Fsp3) is 0.727. The van der Waals surface area contributed by atoms with Crippen LogP contribution in [0.15, 0.2) is 16.7 Å². The molecule has 0 aromatic heterocycles. The zero-order chi connectivity index (χ0) is 12.4. The molecule has 0 spiro atoms. The monoisotopic (exact) mass is 224 g/mol. The molecular formula is C11H21BN2O2. The van der Waals surface area contributed by atoms with Gasteiger partial charge in [-0.3, -0.25) is 4.99 Å². The topological polar surface area (TPSA) is 42.9 Å². The molecule has 0 bridgehead atoms. The van der Waals surface area contributed by atoms with Gasteiger partial charge in [-0.05, 0) is 33.9 Å². The lowest BCUT2D eigenvalue weighted by Gasteiger charge is -2.32. The molecule has 1 N–H and O–H groups in total. The van der Waals surface area contributed by atoms with E-state index in [0.29, 0.717) is 0 Å². The van der Waals surface area contributed by atoms with Crippen molar-refractivity contribution >= 4 is 13.3 Å². The predicted octanol–water partition coefficient (Wildman–Crippen LogP) is 1.42. The Kier molecular flexibility index (Phi) is 3.81. The molecule has 1 rings (SSSR count). The van der Waals surface area contributed by atoms with Crippen molar-refractivity contribution in [3.63, 3.8) is 0 Å². The summed E-state index contributed by atoms with van der Waals surface area (Å²) in [5.74, 6) is 0. The molecule has 0 aromatic carbocycles. The van der Waals surface area contributed by atoms with E-state index in [2.05, 4.69) is 10.3 Å². The van der Waals surface area contributed by atoms with Crippen LogP contribution in [-0.4, -0.2) is 38.6 Å². The number of aliphatic imine (C=N–C) groups is 1. The van der Waals surface area contributed by atoms with Gasteiger partial charge in [-0.25, -0.2) is 0 Å². The van der Waals surface area contributed by atoms with E-state index in [-0.39, 0.29) is 18.3 Å². The smallest absolute Gasteiger partial charge is 0.399 e. The van der Waals surface area contributed by atoms with Crippen LogP contribution in [0, 0.1) is 0 Å². The second-order valence-corrected chi connectivity index (χ2v) is 4.91. The summed E-state index contributed by atoms with van der Waals surface area (Å²) in [5.41, 5.74) is 0.265. The maximum absolute atomic E-state index is 5.91. The Morgan fingerprint density at radius 3 is 2.06 bits per heavy atom. The summed E-state index contributed by atoms with van der Waals surface area (Å²) in [4.78, 5) is 4.00. The van der Waals surface area contributed by atoms with Crippen LogP contribution in [-0.2, 0) is 9.31 Å². The fourth-order valence-electron chi connectivity index (χ4n) is 1.46. The maximum atomic E-state index is 5.91. The zero-order valence-electron chi connectivity index (χ0n) is 11.0. The number of nitrogens with one attached hydrogen (secondary N) is 1. The summed E-state index contributed by atoms with van der Waals surface area (Å²) in [7, 11) is 3.21. The van der Waals surface area contributed by atoms with Gasteiger partial charge >= 0.3 is 7.12 Å². The van der Waals surface area contributed by atoms with Gasteiger partial charge in [0.15, 0.2) is 0 Å². The Morgan fingerprint density at radius 2 is 1.69 bits per heavy atom. The molecular weight excluding hydrogens is 203 g/mol. The first-order chi connectivity index (χ1) is 7.34. The third-order valence-corrected chi connectivity index (χ3v) is 3.11. The third-order valence-electron chi connectivity index (χ3n) is 3.11. The molecule has 0 aromatic rings. The molecule has 16 heavy (non-hydrogen) atoms. The molecule has 5 heteroatoms. The zero-order valence-corrected chi connectivity index (χ0v) is 11.0. The van der Waals surface area contributed by atoms with E-state index in [4.69, 9.17) is 9.31 Å². The normalized spacial score (nSPS) is 24.1. The molecule has 0 radical (unpaired) electrons. The lowest BCUT2D eigenvalue weighted by atomic mass is 9.79. The van der Waals surface area contributed by atoms with E-state index in [1.807, 2.05) is 40.9 Å². The summed E-state index contributed by atoms with van der Waals surface area (Å²) in [5, 5.41) is 2.97. The van der Waals surface area contributed by atoms with Crippen molar-refractivity contribution in [2.24, 2.45) is 4.99 Å². The van der Waals surface area contributed by atoms with Crippen molar-refractivity contribution in [3.8, 4) is 0 Å². The van der Waals surface area contributed by atoms with Gasteiger partial charge in [0.05, 0.1) is 11.2 Å². The highest BCUT2D eigenvalue weighted by Crippen LogP contribution is 2.38. The van der Waals surface area contributed by atoms with Gasteiger partial charge in [0.2, 0.25) is 0 Å². The van der Waals surface area contributed by atoms with Crippen molar-refractivity contribution in [2.45, 2.75) is 38.9 Å². The third kappa shape index (κ3) is 2.47. The van der Waals surface area contributed by atoms with Crippen LogP contribution in [0.1, 0.15) is 27.7 Å². The van der Waals surface area contributed by atoms with Gasteiger partial charge in [0, 0.05) is 25.8 Å². The average Bonchev–Trinajstić information content (AvgIpc) is 2.36. The van der Waals surface area contributed by atoms with E-state index >= 15 is 0 Å². The Balaban J connectivity index is 2.89. The van der Waals surface area contributed by atoms with Gasteiger partial charge in [0.1, 0.15) is 0 Å². The molecule has 90 valence electrons. The van der Waals surface area contributed by atoms with Crippen LogP contribution >= 0.6 is 0 Å². The summed E-state index contributed by atoms with van der Waals surface area (Å²) >= 11 is 0. The van der Waals surface area contributed by atoms with E-state index in [0.717, 1.165) is 5.47 Å². The van der Waals surface area contributed by atoms with Crippen LogP contribution < -0.4 is 5.32 Å². The first kappa shape index (κ1) is 13.3. The highest BCUT2D eigenvalue weighted by molar-refractivity contribution is 6.60. The highest BCUT2D eigenvalue weighted by atomic mass is 16.7. The summed E-state index contributed by atoms with van der Waals surface area (Å²) in [6.45, 7) is 8.14. The second kappa shape index (κ2) is 4.59. The van der Waals surface area contributed by atoms with Gasteiger partial charge in [-0.15, -0.1) is 0 Å². The molecule has 1 fully saturated rings. The van der Waals surface area contributed by atoms with Crippen LogP contribution in [0.2, 0.25) is 0 Å². The Hall–Kier alpha value is -0.805. The van der Waals surface area contributed by atoms with Crippen LogP contribution in [0.25, 0.3) is 0 Å². The van der Waals surface area contributed by atoms with E-state index in [9.17, 15) is 0 Å². The lowest BCUT2D eigenvalue weighted by Crippen LogP contribution is -2.41. The fourth-order valence-corrected chi connectivity index (χ4v) is 1.46. The van der Waals surface area contributed by atoms with Gasteiger partial charge in [-0.1, -0.05) is 0 Å². The van der Waals surface area contributed by atoms with Crippen molar-refractivity contribution in [1.82, 2.24) is 5.32 Å². The number of hydrogen-bond acceptors (Lipinski definition) is 4. The first-order valence-corrected chi connectivity index (χ1v) is 5.49. The molecule has 0 saturated carbocycles. The van der Waals surface area contributed by atoms with Gasteiger partial charge in [-0.2, -0.15) is 0 Å². The molecule has 1 aliphatic heterocycles. The molecule has 4 nitrogen and oxygen atoms in total. The molecule has 0 amide bonds. The quantitative estimate of drug-likeness (QED) is 0.582. The highest BCUT2D eigenvalue weighted by Gasteiger charge is 2.52. The molecule has 0 atom stereocenters. The Bertz CT molecular complexity index is 295. The van der Waals surface area contributed by atoms with Crippen LogP contribution in [0.4, 0.5) is 0 Å². The molecule has 1 saturated heterocycles. The largest absolute Gasteiger partial charge is 0.497 e. The average molecular weight is 224 g/mol. The van der Waals surface area contributed by atoms with Crippen LogP contribution in [0.5, 0.6) is 0 Å². The molecule has 1 heterocycles. The minimum Gasteiger partial charge on any atom is -0.399 e. The molecule has 1 aliphatic rings. The summed E-state index contributed by atoms with van der Waals surface area (Å²) < 4.78 is 11.8. The number of rotatable bonds is 3. The molecule has 0 aliphatic carbocycles. The van der Waals surface area contributed by atoms with Crippen molar-refractivity contribution in [3.05, 3.63) is 11.7 Å². The van der Waals surface area contributed by atoms with Gasteiger partial charge in [0.25, 0.3) is 0 Å². The van der Waals surface area contributed by atoms with Crippen LogP contribution in [0.3, 0.4) is 0 Å². The molecule has 0 unspecified atom stereocenters. The predicted molar refractivity (Wildman–Crippen MR) is 67.6 cm³/mol. The van der Waals surface area contributed by atoms with E-state index < -0.39 is 0 Å². The van der Waals surface area contributed by atoms with Crippen molar-refractivity contribution in [1.29, 1.82) is 0 Å². The maximum Gasteiger partial charge on any atom is 0.497 e. The minimum atomic E-state index is -0.360. The number of nitrogens with zero attached hydrogens (tertiary/aromatic N) is 1. The SMILES string of the molecule is CN=C/C(=C\NC)B1OC(C)(C)C(C)(C)O1. The number of allylic oxidation sites excluding steroid dienone is 1. The van der Waals surface area contributed by atoms with Crippen molar-refractivity contribution < 1.29 is 9.31 Å². The van der Waals surface area contributed by atoms with E-state index in [1.165, 1.54) is 0 Å². The second-order valence-electron chi connectivity index (χ2n) is 4.91. The minimum absolute atomic E-state index is 0.313. The van der Waals surface area contributed by atoms with E-state index in [1.54, 1.807) is 13.3 Å². The summed E-state index contributed by atoms with van der Waals surface area (Å²) in [6, 6.07) is 0.